The van der Waals surface area contributed by atoms with Gasteiger partial charge in [-0.1, -0.05) is 27.5 Å². The maximum atomic E-state index is 12.8. The van der Waals surface area contributed by atoms with Gasteiger partial charge in [-0.15, -0.1) is 0 Å². The smallest absolute Gasteiger partial charge is 0.251 e. The van der Waals surface area contributed by atoms with Crippen molar-refractivity contribution in [3.63, 3.8) is 0 Å². The molecule has 1 atom stereocenters. The van der Waals surface area contributed by atoms with Crippen molar-refractivity contribution in [2.24, 2.45) is 0 Å². The van der Waals surface area contributed by atoms with E-state index in [-0.39, 0.29) is 11.9 Å². The number of ether oxygens (including phenoxy) is 3. The van der Waals surface area contributed by atoms with Gasteiger partial charge in [0.2, 0.25) is 0 Å². The van der Waals surface area contributed by atoms with Crippen LogP contribution in [-0.4, -0.2) is 25.7 Å². The first kappa shape index (κ1) is 17.5. The first-order valence-electron chi connectivity index (χ1n) is 8.44. The van der Waals surface area contributed by atoms with Crippen LogP contribution in [-0.2, 0) is 0 Å². The summed E-state index contributed by atoms with van der Waals surface area (Å²) < 4.78 is 17.9. The number of carbonyl (C=O) groups is 1. The van der Waals surface area contributed by atoms with Gasteiger partial charge in [-0.05, 0) is 30.3 Å². The molecule has 0 radical (unpaired) electrons. The fourth-order valence-electron chi connectivity index (χ4n) is 3.12. The Balaban J connectivity index is 1.59. The summed E-state index contributed by atoms with van der Waals surface area (Å²) in [6.45, 7) is 1.64. The quantitative estimate of drug-likeness (QED) is 0.749. The molecule has 0 saturated heterocycles. The van der Waals surface area contributed by atoms with Gasteiger partial charge in [-0.3, -0.25) is 4.79 Å². The van der Waals surface area contributed by atoms with Crippen molar-refractivity contribution < 1.29 is 19.0 Å². The van der Waals surface area contributed by atoms with Crippen LogP contribution in [0.15, 0.2) is 34.8 Å². The molecule has 2 aromatic rings. The number of rotatable bonds is 2. The average Bonchev–Trinajstić information content (AvgIpc) is 2.88. The molecule has 1 unspecified atom stereocenters. The zero-order chi connectivity index (χ0) is 18.1. The molecule has 4 rings (SSSR count). The second kappa shape index (κ2) is 7.37. The SMILES string of the molecule is O=C(NC1CCOc2ccc(Br)cc21)c1cc(Cl)c2c(c1)OCCCO2. The van der Waals surface area contributed by atoms with E-state index < -0.39 is 0 Å². The maximum Gasteiger partial charge on any atom is 0.251 e. The summed E-state index contributed by atoms with van der Waals surface area (Å²) in [6.07, 6.45) is 1.48. The number of nitrogens with one attached hydrogen (secondary N) is 1. The van der Waals surface area contributed by atoms with Crippen LogP contribution in [0.25, 0.3) is 0 Å². The lowest BCUT2D eigenvalue weighted by Crippen LogP contribution is -2.32. The minimum atomic E-state index is -0.208. The molecule has 0 aromatic heterocycles. The van der Waals surface area contributed by atoms with Crippen LogP contribution in [0.4, 0.5) is 0 Å². The molecule has 0 aliphatic carbocycles. The van der Waals surface area contributed by atoms with E-state index in [1.807, 2.05) is 18.2 Å². The summed E-state index contributed by atoms with van der Waals surface area (Å²) in [5, 5.41) is 3.45. The first-order chi connectivity index (χ1) is 12.6. The molecule has 0 fully saturated rings. The third kappa shape index (κ3) is 3.48. The number of halogens is 2. The van der Waals surface area contributed by atoms with Gasteiger partial charge in [0.1, 0.15) is 5.75 Å². The summed E-state index contributed by atoms with van der Waals surface area (Å²) in [5.74, 6) is 1.60. The van der Waals surface area contributed by atoms with E-state index in [9.17, 15) is 4.79 Å². The van der Waals surface area contributed by atoms with E-state index in [4.69, 9.17) is 25.8 Å². The third-order valence-corrected chi connectivity index (χ3v) is 5.16. The van der Waals surface area contributed by atoms with Gasteiger partial charge < -0.3 is 19.5 Å². The first-order valence-corrected chi connectivity index (χ1v) is 9.61. The maximum absolute atomic E-state index is 12.8. The summed E-state index contributed by atoms with van der Waals surface area (Å²) in [6, 6.07) is 8.97. The predicted octanol–water partition coefficient (Wildman–Crippen LogP) is 4.52. The van der Waals surface area contributed by atoms with E-state index in [1.54, 1.807) is 12.1 Å². The largest absolute Gasteiger partial charge is 0.493 e. The minimum Gasteiger partial charge on any atom is -0.493 e. The molecule has 2 aromatic carbocycles. The van der Waals surface area contributed by atoms with E-state index in [0.29, 0.717) is 48.3 Å². The monoisotopic (exact) mass is 437 g/mol. The van der Waals surface area contributed by atoms with Crippen molar-refractivity contribution >= 4 is 33.4 Å². The van der Waals surface area contributed by atoms with Gasteiger partial charge in [-0.2, -0.15) is 0 Å². The van der Waals surface area contributed by atoms with E-state index >= 15 is 0 Å². The van der Waals surface area contributed by atoms with Crippen LogP contribution in [0.2, 0.25) is 5.02 Å². The van der Waals surface area contributed by atoms with E-state index in [1.165, 1.54) is 0 Å². The number of hydrogen-bond donors (Lipinski definition) is 1. The normalized spacial score (nSPS) is 18.3. The van der Waals surface area contributed by atoms with Crippen molar-refractivity contribution in [2.45, 2.75) is 18.9 Å². The molecule has 0 saturated carbocycles. The fourth-order valence-corrected chi connectivity index (χ4v) is 3.76. The lowest BCUT2D eigenvalue weighted by Gasteiger charge is -2.27. The topological polar surface area (TPSA) is 56.8 Å². The molecule has 26 heavy (non-hydrogen) atoms. The van der Waals surface area contributed by atoms with Crippen molar-refractivity contribution in [3.05, 3.63) is 51.0 Å². The number of carbonyl (C=O) groups excluding carboxylic acids is 1. The fraction of sp³-hybridized carbons (Fsp3) is 0.316. The second-order valence-corrected chi connectivity index (χ2v) is 7.50. The molecular weight excluding hydrogens is 422 g/mol. The number of fused-ring (bicyclic) bond motifs is 2. The molecular formula is C19H17BrClNO4. The van der Waals surface area contributed by atoms with Crippen LogP contribution < -0.4 is 19.5 Å². The van der Waals surface area contributed by atoms with Gasteiger partial charge in [0.25, 0.3) is 5.91 Å². The predicted molar refractivity (Wildman–Crippen MR) is 102 cm³/mol. The highest BCUT2D eigenvalue weighted by Gasteiger charge is 2.25. The van der Waals surface area contributed by atoms with Crippen LogP contribution in [0, 0.1) is 0 Å². The molecule has 2 heterocycles. The van der Waals surface area contributed by atoms with Gasteiger partial charge in [-0.25, -0.2) is 0 Å². The van der Waals surface area contributed by atoms with Crippen LogP contribution in [0.3, 0.4) is 0 Å². The van der Waals surface area contributed by atoms with E-state index in [0.717, 1.165) is 22.2 Å². The summed E-state index contributed by atoms with van der Waals surface area (Å²) in [5.41, 5.74) is 1.40. The highest BCUT2D eigenvalue weighted by atomic mass is 79.9. The molecule has 0 spiro atoms. The van der Waals surface area contributed by atoms with Crippen molar-refractivity contribution in [1.82, 2.24) is 5.32 Å². The van der Waals surface area contributed by atoms with E-state index in [2.05, 4.69) is 21.2 Å². The standard InChI is InChI=1S/C19H17BrClNO4/c20-12-2-3-16-13(10-12)15(4-7-25-16)22-19(23)11-8-14(21)18-17(9-11)24-5-1-6-26-18/h2-3,8-10,15H,1,4-7H2,(H,22,23). The van der Waals surface area contributed by atoms with Gasteiger partial charge in [0, 0.05) is 28.4 Å². The minimum absolute atomic E-state index is 0.126. The number of amides is 1. The molecule has 5 nitrogen and oxygen atoms in total. The summed E-state index contributed by atoms with van der Waals surface area (Å²) >= 11 is 9.77. The van der Waals surface area contributed by atoms with Crippen molar-refractivity contribution in [2.75, 3.05) is 19.8 Å². The molecule has 0 bridgehead atoms. The number of benzene rings is 2. The Bertz CT molecular complexity index is 858. The Kier molecular flexibility index (Phi) is 4.96. The number of hydrogen-bond acceptors (Lipinski definition) is 4. The Hall–Kier alpha value is -1.92. The zero-order valence-electron chi connectivity index (χ0n) is 13.9. The van der Waals surface area contributed by atoms with Gasteiger partial charge >= 0.3 is 0 Å². The average molecular weight is 439 g/mol. The highest BCUT2D eigenvalue weighted by Crippen LogP contribution is 2.39. The molecule has 7 heteroatoms. The van der Waals surface area contributed by atoms with Gasteiger partial charge in [0.05, 0.1) is 30.9 Å². The molecule has 2 aliphatic rings. The van der Waals surface area contributed by atoms with Crippen molar-refractivity contribution in [3.8, 4) is 17.2 Å². The Labute approximate surface area is 164 Å². The molecule has 2 aliphatic heterocycles. The lowest BCUT2D eigenvalue weighted by molar-refractivity contribution is 0.0924. The van der Waals surface area contributed by atoms with Gasteiger partial charge in [0.15, 0.2) is 11.5 Å². The molecule has 136 valence electrons. The Morgan fingerprint density at radius 2 is 1.88 bits per heavy atom. The summed E-state index contributed by atoms with van der Waals surface area (Å²) in [4.78, 5) is 12.8. The Morgan fingerprint density at radius 1 is 1.08 bits per heavy atom. The van der Waals surface area contributed by atoms with Crippen LogP contribution >= 0.6 is 27.5 Å². The summed E-state index contributed by atoms with van der Waals surface area (Å²) in [7, 11) is 0. The zero-order valence-corrected chi connectivity index (χ0v) is 16.2. The lowest BCUT2D eigenvalue weighted by atomic mass is 10.00. The van der Waals surface area contributed by atoms with Crippen molar-refractivity contribution in [1.29, 1.82) is 0 Å². The molecule has 1 amide bonds. The second-order valence-electron chi connectivity index (χ2n) is 6.18. The molecule has 1 N–H and O–H groups in total. The highest BCUT2D eigenvalue weighted by molar-refractivity contribution is 9.10. The third-order valence-electron chi connectivity index (χ3n) is 4.38. The van der Waals surface area contributed by atoms with Crippen LogP contribution in [0.5, 0.6) is 17.2 Å². The van der Waals surface area contributed by atoms with Crippen LogP contribution in [0.1, 0.15) is 34.8 Å². The Morgan fingerprint density at radius 3 is 2.77 bits per heavy atom.